The van der Waals surface area contributed by atoms with Crippen LogP contribution in [-0.4, -0.2) is 30.8 Å². The van der Waals surface area contributed by atoms with Crippen molar-refractivity contribution in [1.82, 2.24) is 10.3 Å². The summed E-state index contributed by atoms with van der Waals surface area (Å²) in [7, 11) is 0. The van der Waals surface area contributed by atoms with E-state index >= 15 is 0 Å². The number of thiazole rings is 1. The maximum absolute atomic E-state index is 5.07. The number of ether oxygens (including phenoxy) is 1. The molecule has 1 aromatic rings. The number of hydrogen-bond acceptors (Lipinski definition) is 4. The van der Waals surface area contributed by atoms with Gasteiger partial charge in [-0.3, -0.25) is 0 Å². The quantitative estimate of drug-likeness (QED) is 0.783. The van der Waals surface area contributed by atoms with Crippen molar-refractivity contribution in [1.29, 1.82) is 0 Å². The Morgan fingerprint density at radius 1 is 1.69 bits per heavy atom. The Bertz CT molecular complexity index is 270. The van der Waals surface area contributed by atoms with E-state index in [-0.39, 0.29) is 0 Å². The minimum atomic E-state index is 0.583. The zero-order chi connectivity index (χ0) is 9.10. The highest BCUT2D eigenvalue weighted by molar-refractivity contribution is 7.09. The van der Waals surface area contributed by atoms with Gasteiger partial charge in [0.2, 0.25) is 0 Å². The summed E-state index contributed by atoms with van der Waals surface area (Å²) in [6.07, 6.45) is 1.03. The fourth-order valence-electron chi connectivity index (χ4n) is 1.28. The third-order valence-corrected chi connectivity index (χ3v) is 2.94. The lowest BCUT2D eigenvalue weighted by Gasteiger charge is -2.26. The van der Waals surface area contributed by atoms with Crippen LogP contribution in [-0.2, 0) is 11.2 Å². The molecule has 2 heterocycles. The monoisotopic (exact) mass is 198 g/mol. The first-order valence-electron chi connectivity index (χ1n) is 4.57. The van der Waals surface area contributed by atoms with Crippen LogP contribution in [0, 0.1) is 6.92 Å². The van der Waals surface area contributed by atoms with Crippen LogP contribution in [0.5, 0.6) is 0 Å². The number of nitrogens with zero attached hydrogens (tertiary/aromatic N) is 1. The molecule has 0 radical (unpaired) electrons. The third kappa shape index (κ3) is 2.49. The van der Waals surface area contributed by atoms with Crippen LogP contribution in [0.3, 0.4) is 0 Å². The Hall–Kier alpha value is -0.450. The van der Waals surface area contributed by atoms with E-state index in [1.54, 1.807) is 11.3 Å². The molecule has 1 aliphatic heterocycles. The molecule has 1 aromatic heterocycles. The largest absolute Gasteiger partial charge is 0.378 e. The molecule has 72 valence electrons. The van der Waals surface area contributed by atoms with E-state index < -0.39 is 0 Å². The van der Waals surface area contributed by atoms with Gasteiger partial charge in [-0.05, 0) is 6.92 Å². The number of aromatic nitrogens is 1. The average Bonchev–Trinajstić information content (AvgIpc) is 2.42. The summed E-state index contributed by atoms with van der Waals surface area (Å²) in [5, 5.41) is 6.70. The number of rotatable bonds is 4. The topological polar surface area (TPSA) is 34.2 Å². The van der Waals surface area contributed by atoms with Crippen LogP contribution in [0.25, 0.3) is 0 Å². The van der Waals surface area contributed by atoms with Crippen molar-refractivity contribution in [3.63, 3.8) is 0 Å². The Kier molecular flexibility index (Phi) is 2.93. The molecule has 0 aromatic carbocycles. The van der Waals surface area contributed by atoms with Crippen LogP contribution >= 0.6 is 11.3 Å². The molecule has 0 amide bonds. The van der Waals surface area contributed by atoms with E-state index in [9.17, 15) is 0 Å². The molecular formula is C9H14N2OS. The van der Waals surface area contributed by atoms with E-state index in [0.717, 1.165) is 31.2 Å². The Labute approximate surface area is 82.1 Å². The molecule has 1 fully saturated rings. The summed E-state index contributed by atoms with van der Waals surface area (Å²) in [5.41, 5.74) is 1.20. The SMILES string of the molecule is Cc1nc(CCNC2COC2)cs1. The minimum Gasteiger partial charge on any atom is -0.378 e. The van der Waals surface area contributed by atoms with Gasteiger partial charge in [0.25, 0.3) is 0 Å². The van der Waals surface area contributed by atoms with Gasteiger partial charge in [-0.25, -0.2) is 4.98 Å². The molecule has 0 saturated carbocycles. The fourth-order valence-corrected chi connectivity index (χ4v) is 1.93. The molecule has 4 heteroatoms. The minimum absolute atomic E-state index is 0.583. The molecule has 0 aliphatic carbocycles. The molecular weight excluding hydrogens is 184 g/mol. The van der Waals surface area contributed by atoms with Gasteiger partial charge in [0.05, 0.1) is 30.0 Å². The molecule has 3 nitrogen and oxygen atoms in total. The van der Waals surface area contributed by atoms with E-state index in [1.165, 1.54) is 5.69 Å². The van der Waals surface area contributed by atoms with Crippen molar-refractivity contribution in [2.75, 3.05) is 19.8 Å². The maximum atomic E-state index is 5.07. The number of nitrogens with one attached hydrogen (secondary N) is 1. The van der Waals surface area contributed by atoms with E-state index in [2.05, 4.69) is 15.7 Å². The Morgan fingerprint density at radius 2 is 2.54 bits per heavy atom. The first-order valence-corrected chi connectivity index (χ1v) is 5.44. The predicted octanol–water partition coefficient (Wildman–Crippen LogP) is 0.982. The molecule has 1 N–H and O–H groups in total. The molecule has 0 spiro atoms. The van der Waals surface area contributed by atoms with Crippen molar-refractivity contribution >= 4 is 11.3 Å². The first kappa shape index (κ1) is 9.12. The van der Waals surface area contributed by atoms with Crippen LogP contribution in [0.2, 0.25) is 0 Å². The highest BCUT2D eigenvalue weighted by Gasteiger charge is 2.16. The lowest BCUT2D eigenvalue weighted by Crippen LogP contribution is -2.46. The second kappa shape index (κ2) is 4.17. The molecule has 2 rings (SSSR count). The molecule has 0 bridgehead atoms. The van der Waals surface area contributed by atoms with E-state index in [1.807, 2.05) is 6.92 Å². The van der Waals surface area contributed by atoms with Gasteiger partial charge in [-0.15, -0.1) is 11.3 Å². The van der Waals surface area contributed by atoms with Gasteiger partial charge in [-0.2, -0.15) is 0 Å². The van der Waals surface area contributed by atoms with Crippen molar-refractivity contribution in [2.24, 2.45) is 0 Å². The molecule has 13 heavy (non-hydrogen) atoms. The first-order chi connectivity index (χ1) is 6.34. The lowest BCUT2D eigenvalue weighted by molar-refractivity contribution is -0.00469. The molecule has 0 unspecified atom stereocenters. The second-order valence-electron chi connectivity index (χ2n) is 3.30. The number of aryl methyl sites for hydroxylation is 1. The normalized spacial score (nSPS) is 17.3. The maximum Gasteiger partial charge on any atom is 0.0897 e. The molecule has 0 atom stereocenters. The summed E-state index contributed by atoms with van der Waals surface area (Å²) in [6, 6.07) is 0.583. The summed E-state index contributed by atoms with van der Waals surface area (Å²) in [6.45, 7) is 4.80. The van der Waals surface area contributed by atoms with Gasteiger partial charge in [-0.1, -0.05) is 0 Å². The van der Waals surface area contributed by atoms with E-state index in [4.69, 9.17) is 4.74 Å². The molecule has 1 saturated heterocycles. The van der Waals surface area contributed by atoms with Gasteiger partial charge in [0.15, 0.2) is 0 Å². The summed E-state index contributed by atoms with van der Waals surface area (Å²) in [4.78, 5) is 4.40. The van der Waals surface area contributed by atoms with Crippen molar-refractivity contribution in [2.45, 2.75) is 19.4 Å². The van der Waals surface area contributed by atoms with Gasteiger partial charge >= 0.3 is 0 Å². The van der Waals surface area contributed by atoms with Crippen molar-refractivity contribution in [3.8, 4) is 0 Å². The van der Waals surface area contributed by atoms with Crippen LogP contribution < -0.4 is 5.32 Å². The van der Waals surface area contributed by atoms with Crippen LogP contribution in [0.4, 0.5) is 0 Å². The van der Waals surface area contributed by atoms with Gasteiger partial charge in [0, 0.05) is 18.3 Å². The smallest absolute Gasteiger partial charge is 0.0897 e. The summed E-state index contributed by atoms with van der Waals surface area (Å²) >= 11 is 1.72. The Balaban J connectivity index is 1.67. The second-order valence-corrected chi connectivity index (χ2v) is 4.36. The van der Waals surface area contributed by atoms with Gasteiger partial charge < -0.3 is 10.1 Å². The third-order valence-electron chi connectivity index (χ3n) is 2.12. The zero-order valence-electron chi connectivity index (χ0n) is 7.75. The molecule has 1 aliphatic rings. The van der Waals surface area contributed by atoms with E-state index in [0.29, 0.717) is 6.04 Å². The summed E-state index contributed by atoms with van der Waals surface area (Å²) < 4.78 is 5.07. The van der Waals surface area contributed by atoms with Gasteiger partial charge in [0.1, 0.15) is 0 Å². The zero-order valence-corrected chi connectivity index (χ0v) is 8.56. The standard InChI is InChI=1S/C9H14N2OS/c1-7-11-8(6-13-7)2-3-10-9-4-12-5-9/h6,9-10H,2-5H2,1H3. The van der Waals surface area contributed by atoms with Crippen LogP contribution in [0.15, 0.2) is 5.38 Å². The average molecular weight is 198 g/mol. The van der Waals surface area contributed by atoms with Crippen molar-refractivity contribution < 1.29 is 4.74 Å². The number of hydrogen-bond donors (Lipinski definition) is 1. The lowest BCUT2D eigenvalue weighted by atomic mass is 10.2. The van der Waals surface area contributed by atoms with Crippen LogP contribution in [0.1, 0.15) is 10.7 Å². The predicted molar refractivity (Wildman–Crippen MR) is 53.2 cm³/mol. The van der Waals surface area contributed by atoms with Crippen molar-refractivity contribution in [3.05, 3.63) is 16.1 Å². The summed E-state index contributed by atoms with van der Waals surface area (Å²) in [5.74, 6) is 0. The Morgan fingerprint density at radius 3 is 3.08 bits per heavy atom. The highest BCUT2D eigenvalue weighted by atomic mass is 32.1. The fraction of sp³-hybridized carbons (Fsp3) is 0.667. The highest BCUT2D eigenvalue weighted by Crippen LogP contribution is 2.08.